The van der Waals surface area contributed by atoms with Gasteiger partial charge in [-0.05, 0) is 36.4 Å². The SMILES string of the molecule is C.COc1cccc(Nc2ncc3c(n2)-c2ccc(C(=O)O)cc2C(c2c(F)cccc2F)=NC3)c1. The lowest BCUT2D eigenvalue weighted by molar-refractivity contribution is 0.0697. The number of halogens is 2. The number of aromatic nitrogens is 2. The number of rotatable bonds is 5. The number of nitrogens with zero attached hydrogens (tertiary/aromatic N) is 3. The van der Waals surface area contributed by atoms with Gasteiger partial charge in [-0.2, -0.15) is 0 Å². The molecule has 9 heteroatoms. The number of carboxylic acid groups (broad SMARTS) is 1. The van der Waals surface area contributed by atoms with E-state index >= 15 is 0 Å². The van der Waals surface area contributed by atoms with Crippen LogP contribution in [-0.4, -0.2) is 33.9 Å². The Balaban J connectivity index is 0.00000304. The Kier molecular flexibility index (Phi) is 6.73. The van der Waals surface area contributed by atoms with Crippen molar-refractivity contribution in [3.63, 3.8) is 0 Å². The molecule has 4 aromatic rings. The zero-order chi connectivity index (χ0) is 24.5. The lowest BCUT2D eigenvalue weighted by Gasteiger charge is -2.14. The van der Waals surface area contributed by atoms with Gasteiger partial charge in [0.1, 0.15) is 17.4 Å². The minimum Gasteiger partial charge on any atom is -0.497 e. The second kappa shape index (κ2) is 9.91. The number of hydrogen-bond donors (Lipinski definition) is 2. The summed E-state index contributed by atoms with van der Waals surface area (Å²) in [5.41, 5.74) is 2.19. The molecular formula is C27H22F2N4O3. The summed E-state index contributed by atoms with van der Waals surface area (Å²) in [5.74, 6) is -1.83. The first kappa shape index (κ1) is 24.5. The van der Waals surface area contributed by atoms with Gasteiger partial charge in [0, 0.05) is 34.6 Å². The van der Waals surface area contributed by atoms with E-state index in [9.17, 15) is 18.7 Å². The van der Waals surface area contributed by atoms with E-state index in [1.54, 1.807) is 31.5 Å². The highest BCUT2D eigenvalue weighted by atomic mass is 19.1. The zero-order valence-corrected chi connectivity index (χ0v) is 18.4. The van der Waals surface area contributed by atoms with Crippen LogP contribution in [0.3, 0.4) is 0 Å². The van der Waals surface area contributed by atoms with Crippen molar-refractivity contribution < 1.29 is 23.4 Å². The molecule has 0 saturated heterocycles. The van der Waals surface area contributed by atoms with Gasteiger partial charge in [0.05, 0.1) is 36.2 Å². The Morgan fingerprint density at radius 2 is 1.78 bits per heavy atom. The number of aliphatic imine (C=N–C) groups is 1. The standard InChI is InChI=1S/C26H18F2N4O3.CH4/c1-35-17-5-2-4-16(11-17)31-26-30-13-15-12-29-24(22-20(27)6-3-7-21(22)28)19-10-14(25(33)34)8-9-18(19)23(15)32-26;/h2-11,13H,12H2,1H3,(H,33,34)(H,30,31,32);1H4. The molecule has 5 rings (SSSR count). The summed E-state index contributed by atoms with van der Waals surface area (Å²) in [7, 11) is 1.57. The Morgan fingerprint density at radius 1 is 1.03 bits per heavy atom. The quantitative estimate of drug-likeness (QED) is 0.365. The molecule has 0 bridgehead atoms. The first-order chi connectivity index (χ1) is 16.9. The summed E-state index contributed by atoms with van der Waals surface area (Å²) in [6.07, 6.45) is 1.59. The van der Waals surface area contributed by atoms with E-state index in [4.69, 9.17) is 4.74 Å². The molecule has 3 aromatic carbocycles. The molecule has 0 unspecified atom stereocenters. The van der Waals surface area contributed by atoms with Crippen molar-refractivity contribution in [2.24, 2.45) is 4.99 Å². The largest absolute Gasteiger partial charge is 0.497 e. The fraction of sp³-hybridized carbons (Fsp3) is 0.111. The molecule has 0 radical (unpaired) electrons. The minimum atomic E-state index is -1.17. The lowest BCUT2D eigenvalue weighted by Crippen LogP contribution is -2.11. The zero-order valence-electron chi connectivity index (χ0n) is 18.4. The third kappa shape index (κ3) is 4.50. The maximum Gasteiger partial charge on any atom is 0.335 e. The fourth-order valence-corrected chi connectivity index (χ4v) is 3.91. The topological polar surface area (TPSA) is 96.7 Å². The van der Waals surface area contributed by atoms with Crippen molar-refractivity contribution >= 4 is 23.3 Å². The van der Waals surface area contributed by atoms with Crippen molar-refractivity contribution in [2.45, 2.75) is 14.0 Å². The van der Waals surface area contributed by atoms with Crippen molar-refractivity contribution in [2.75, 3.05) is 12.4 Å². The van der Waals surface area contributed by atoms with E-state index in [-0.39, 0.29) is 42.3 Å². The second-order valence-electron chi connectivity index (χ2n) is 7.75. The van der Waals surface area contributed by atoms with Gasteiger partial charge < -0.3 is 15.2 Å². The molecule has 0 aliphatic carbocycles. The van der Waals surface area contributed by atoms with E-state index in [1.165, 1.54) is 18.2 Å². The average Bonchev–Trinajstić information content (AvgIpc) is 3.01. The van der Waals surface area contributed by atoms with E-state index < -0.39 is 17.6 Å². The summed E-state index contributed by atoms with van der Waals surface area (Å²) in [6, 6.07) is 15.1. The number of ether oxygens (including phenoxy) is 1. The van der Waals surface area contributed by atoms with Crippen molar-refractivity contribution in [3.8, 4) is 17.0 Å². The summed E-state index contributed by atoms with van der Waals surface area (Å²) in [5, 5.41) is 12.7. The van der Waals surface area contributed by atoms with Crippen LogP contribution in [0, 0.1) is 11.6 Å². The van der Waals surface area contributed by atoms with E-state index in [0.29, 0.717) is 28.3 Å². The van der Waals surface area contributed by atoms with Crippen LogP contribution in [0.2, 0.25) is 0 Å². The third-order valence-electron chi connectivity index (χ3n) is 5.57. The number of benzene rings is 3. The van der Waals surface area contributed by atoms with E-state index in [2.05, 4.69) is 20.3 Å². The van der Waals surface area contributed by atoms with Crippen LogP contribution in [-0.2, 0) is 6.54 Å². The highest BCUT2D eigenvalue weighted by Gasteiger charge is 2.26. The molecule has 2 heterocycles. The smallest absolute Gasteiger partial charge is 0.335 e. The van der Waals surface area contributed by atoms with Gasteiger partial charge in [0.2, 0.25) is 5.95 Å². The van der Waals surface area contributed by atoms with Gasteiger partial charge in [0.25, 0.3) is 0 Å². The van der Waals surface area contributed by atoms with Gasteiger partial charge in [-0.15, -0.1) is 0 Å². The highest BCUT2D eigenvalue weighted by molar-refractivity contribution is 6.17. The fourth-order valence-electron chi connectivity index (χ4n) is 3.91. The maximum atomic E-state index is 14.7. The summed E-state index contributed by atoms with van der Waals surface area (Å²) in [6.45, 7) is 0.0506. The number of fused-ring (bicyclic) bond motifs is 3. The molecular weight excluding hydrogens is 466 g/mol. The Morgan fingerprint density at radius 3 is 2.50 bits per heavy atom. The first-order valence-electron chi connectivity index (χ1n) is 10.6. The average molecular weight is 488 g/mol. The number of methoxy groups -OCH3 is 1. The summed E-state index contributed by atoms with van der Waals surface area (Å²) < 4.78 is 34.7. The number of carbonyl (C=O) groups is 1. The van der Waals surface area contributed by atoms with E-state index in [1.807, 2.05) is 12.1 Å². The molecule has 0 saturated carbocycles. The molecule has 0 spiro atoms. The van der Waals surface area contributed by atoms with Gasteiger partial charge >= 0.3 is 5.97 Å². The minimum absolute atomic E-state index is 0. The lowest BCUT2D eigenvalue weighted by atomic mass is 9.93. The van der Waals surface area contributed by atoms with Crippen LogP contribution >= 0.6 is 0 Å². The van der Waals surface area contributed by atoms with Gasteiger partial charge in [-0.1, -0.05) is 25.6 Å². The van der Waals surface area contributed by atoms with Crippen molar-refractivity contribution in [3.05, 3.63) is 101 Å². The molecule has 182 valence electrons. The molecule has 7 nitrogen and oxygen atoms in total. The number of nitrogens with one attached hydrogen (secondary N) is 1. The van der Waals surface area contributed by atoms with Crippen molar-refractivity contribution in [1.29, 1.82) is 0 Å². The van der Waals surface area contributed by atoms with Crippen LogP contribution in [0.25, 0.3) is 11.3 Å². The van der Waals surface area contributed by atoms with Crippen LogP contribution in [0.5, 0.6) is 5.75 Å². The molecule has 1 aliphatic heterocycles. The monoisotopic (exact) mass is 488 g/mol. The van der Waals surface area contributed by atoms with Crippen LogP contribution < -0.4 is 10.1 Å². The number of aromatic carboxylic acids is 1. The number of anilines is 2. The maximum absolute atomic E-state index is 14.7. The number of hydrogen-bond acceptors (Lipinski definition) is 6. The first-order valence-corrected chi connectivity index (χ1v) is 10.6. The Bertz CT molecular complexity index is 1480. The molecule has 0 fully saturated rings. The Hall–Kier alpha value is -4.66. The molecule has 2 N–H and O–H groups in total. The normalized spacial score (nSPS) is 11.8. The molecule has 1 aliphatic rings. The Labute approximate surface area is 206 Å². The summed E-state index contributed by atoms with van der Waals surface area (Å²) in [4.78, 5) is 25.1. The predicted octanol–water partition coefficient (Wildman–Crippen LogP) is 5.86. The molecule has 36 heavy (non-hydrogen) atoms. The third-order valence-corrected chi connectivity index (χ3v) is 5.57. The van der Waals surface area contributed by atoms with Crippen LogP contribution in [0.15, 0.2) is 71.9 Å². The molecule has 1 aromatic heterocycles. The van der Waals surface area contributed by atoms with E-state index in [0.717, 1.165) is 12.1 Å². The van der Waals surface area contributed by atoms with Crippen molar-refractivity contribution in [1.82, 2.24) is 9.97 Å². The molecule has 0 amide bonds. The molecule has 0 atom stereocenters. The van der Waals surface area contributed by atoms with Gasteiger partial charge in [-0.3, -0.25) is 4.99 Å². The van der Waals surface area contributed by atoms with Gasteiger partial charge in [-0.25, -0.2) is 23.5 Å². The second-order valence-corrected chi connectivity index (χ2v) is 7.75. The highest BCUT2D eigenvalue weighted by Crippen LogP contribution is 2.34. The number of carboxylic acids is 1. The predicted molar refractivity (Wildman–Crippen MR) is 133 cm³/mol. The van der Waals surface area contributed by atoms with Crippen LogP contribution in [0.4, 0.5) is 20.4 Å². The van der Waals surface area contributed by atoms with Gasteiger partial charge in [0.15, 0.2) is 0 Å². The summed E-state index contributed by atoms with van der Waals surface area (Å²) >= 11 is 0. The van der Waals surface area contributed by atoms with Crippen LogP contribution in [0.1, 0.15) is 34.5 Å².